The van der Waals surface area contributed by atoms with E-state index < -0.39 is 52.3 Å². The van der Waals surface area contributed by atoms with Crippen LogP contribution >= 0.6 is 0 Å². The number of unbranched alkanes of at least 4 members (excludes halogenated alkanes) is 7. The molecule has 0 aliphatic carbocycles. The third kappa shape index (κ3) is 34.0. The normalized spacial score (nSPS) is 12.5. The number of hydrogen-bond donors (Lipinski definition) is 2. The zero-order valence-electron chi connectivity index (χ0n) is 36.8. The molecule has 56 heavy (non-hydrogen) atoms. The van der Waals surface area contributed by atoms with E-state index in [2.05, 4.69) is 5.32 Å². The minimum atomic E-state index is -0.758. The Hall–Kier alpha value is -3.30. The molecular weight excluding hydrogens is 724 g/mol. The van der Waals surface area contributed by atoms with Crippen LogP contribution in [-0.2, 0) is 47.7 Å². The molecule has 0 rings (SSSR count). The molecule has 15 heteroatoms. The molecule has 0 bridgehead atoms. The van der Waals surface area contributed by atoms with Crippen LogP contribution in [0.3, 0.4) is 0 Å². The van der Waals surface area contributed by atoms with Crippen LogP contribution in [0, 0.1) is 0 Å². The first kappa shape index (κ1) is 52.7. The van der Waals surface area contributed by atoms with Gasteiger partial charge in [0.25, 0.3) is 0 Å². The van der Waals surface area contributed by atoms with Crippen LogP contribution < -0.4 is 5.32 Å². The number of esters is 4. The van der Waals surface area contributed by atoms with Crippen molar-refractivity contribution >= 4 is 35.8 Å². The summed E-state index contributed by atoms with van der Waals surface area (Å²) in [4.78, 5) is 80.5. The largest absolute Gasteiger partial charge is 0.481 e. The molecule has 15 nitrogen and oxygen atoms in total. The Labute approximate surface area is 336 Å². The number of ether oxygens (including phenoxy) is 4. The van der Waals surface area contributed by atoms with E-state index in [4.69, 9.17) is 24.1 Å². The molecule has 0 aliphatic rings. The molecule has 0 aromatic carbocycles. The van der Waals surface area contributed by atoms with Crippen LogP contribution in [0.2, 0.25) is 0 Å². The highest BCUT2D eigenvalue weighted by Gasteiger charge is 2.27. The van der Waals surface area contributed by atoms with Gasteiger partial charge in [0.15, 0.2) is 0 Å². The molecule has 326 valence electrons. The van der Waals surface area contributed by atoms with Gasteiger partial charge in [-0.15, -0.1) is 0 Å². The third-order valence-electron chi connectivity index (χ3n) is 7.56. The summed E-state index contributed by atoms with van der Waals surface area (Å²) >= 11 is 0. The van der Waals surface area contributed by atoms with Crippen molar-refractivity contribution in [1.82, 2.24) is 20.0 Å². The van der Waals surface area contributed by atoms with Gasteiger partial charge in [-0.3, -0.25) is 43.5 Å². The number of carbonyl (C=O) groups is 6. The molecule has 0 spiro atoms. The molecular formula is C41H76N4O11. The number of carbonyl (C=O) groups excluding carboxylic acids is 5. The Kier molecular flexibility index (Phi) is 24.3. The summed E-state index contributed by atoms with van der Waals surface area (Å²) in [6, 6.07) is 0. The van der Waals surface area contributed by atoms with Crippen molar-refractivity contribution in [2.75, 3.05) is 65.4 Å². The molecule has 0 unspecified atom stereocenters. The molecule has 0 aromatic heterocycles. The zero-order valence-corrected chi connectivity index (χ0v) is 36.8. The van der Waals surface area contributed by atoms with Gasteiger partial charge in [0.1, 0.15) is 22.4 Å². The van der Waals surface area contributed by atoms with Crippen LogP contribution in [0.5, 0.6) is 0 Å². The number of rotatable bonds is 27. The predicted molar refractivity (Wildman–Crippen MR) is 215 cm³/mol. The van der Waals surface area contributed by atoms with Crippen LogP contribution in [0.25, 0.3) is 0 Å². The second-order valence-electron chi connectivity index (χ2n) is 18.4. The standard InChI is InChI=1S/C41H76N4O11/c1-38(2,3)53-34(49)28-44(29-35(50)54-39(4,5)6)25-23-43(27-32(46)42-22-20-18-16-14-13-15-17-19-21-33(47)48)24-26-45(30-36(51)55-40(7,8)9)31-37(52)56-41(10,11)12/h13-31H2,1-12H3,(H,42,46)(H,47,48). The van der Waals surface area contributed by atoms with Gasteiger partial charge in [0, 0.05) is 39.1 Å². The maximum Gasteiger partial charge on any atom is 0.320 e. The Morgan fingerprint density at radius 2 is 0.714 bits per heavy atom. The Balaban J connectivity index is 5.83. The molecule has 1 amide bonds. The topological polar surface area (TPSA) is 181 Å². The number of carboxylic acids is 1. The molecule has 2 N–H and O–H groups in total. The van der Waals surface area contributed by atoms with Gasteiger partial charge in [-0.05, 0) is 95.9 Å². The summed E-state index contributed by atoms with van der Waals surface area (Å²) < 4.78 is 22.1. The van der Waals surface area contributed by atoms with Gasteiger partial charge in [-0.2, -0.15) is 0 Å². The minimum absolute atomic E-state index is 0.00419. The fourth-order valence-corrected chi connectivity index (χ4v) is 5.44. The Morgan fingerprint density at radius 3 is 1.02 bits per heavy atom. The van der Waals surface area contributed by atoms with Gasteiger partial charge >= 0.3 is 29.8 Å². The maximum absolute atomic E-state index is 13.2. The van der Waals surface area contributed by atoms with Crippen molar-refractivity contribution < 1.29 is 52.8 Å². The van der Waals surface area contributed by atoms with Gasteiger partial charge in [0.2, 0.25) is 5.91 Å². The van der Waals surface area contributed by atoms with Crippen molar-refractivity contribution in [1.29, 1.82) is 0 Å². The number of aliphatic carboxylic acids is 1. The van der Waals surface area contributed by atoms with Gasteiger partial charge in [-0.1, -0.05) is 38.5 Å². The average molecular weight is 801 g/mol. The zero-order chi connectivity index (χ0) is 43.2. The van der Waals surface area contributed by atoms with E-state index in [1.54, 1.807) is 92.9 Å². The lowest BCUT2D eigenvalue weighted by molar-refractivity contribution is -0.162. The summed E-state index contributed by atoms with van der Waals surface area (Å²) in [5, 5.41) is 11.8. The van der Waals surface area contributed by atoms with E-state index in [1.807, 2.05) is 4.90 Å². The molecule has 0 radical (unpaired) electrons. The molecule has 0 atom stereocenters. The van der Waals surface area contributed by atoms with Crippen LogP contribution in [0.4, 0.5) is 0 Å². The molecule has 0 saturated heterocycles. The monoisotopic (exact) mass is 801 g/mol. The number of carboxylic acid groups (broad SMARTS) is 1. The maximum atomic E-state index is 13.2. The fourth-order valence-electron chi connectivity index (χ4n) is 5.44. The van der Waals surface area contributed by atoms with Crippen LogP contribution in [0.1, 0.15) is 141 Å². The van der Waals surface area contributed by atoms with Crippen molar-refractivity contribution in [2.24, 2.45) is 0 Å². The second kappa shape index (κ2) is 25.9. The lowest BCUT2D eigenvalue weighted by Crippen LogP contribution is -2.48. The number of hydrogen-bond acceptors (Lipinski definition) is 13. The first-order valence-corrected chi connectivity index (χ1v) is 20.2. The fraction of sp³-hybridized carbons (Fsp3) is 0.854. The molecule has 0 heterocycles. The SMILES string of the molecule is CC(C)(C)OC(=O)CN(CCN(CCN(CC(=O)OC(C)(C)C)CC(=O)OC(C)(C)C)CC(=O)NCCCCCCCCCCC(=O)O)CC(=O)OC(C)(C)C. The minimum Gasteiger partial charge on any atom is -0.481 e. The van der Waals surface area contributed by atoms with E-state index in [-0.39, 0.29) is 71.2 Å². The number of nitrogens with zero attached hydrogens (tertiary/aromatic N) is 3. The second-order valence-corrected chi connectivity index (χ2v) is 18.4. The first-order valence-electron chi connectivity index (χ1n) is 20.2. The van der Waals surface area contributed by atoms with Crippen molar-refractivity contribution in [3.05, 3.63) is 0 Å². The molecule has 0 saturated carbocycles. The first-order chi connectivity index (χ1) is 25.6. The highest BCUT2D eigenvalue weighted by molar-refractivity contribution is 5.78. The van der Waals surface area contributed by atoms with Crippen LogP contribution in [0.15, 0.2) is 0 Å². The summed E-state index contributed by atoms with van der Waals surface area (Å²) in [6.45, 7) is 21.9. The molecule has 0 fully saturated rings. The highest BCUT2D eigenvalue weighted by atomic mass is 16.6. The summed E-state index contributed by atoms with van der Waals surface area (Å²) in [5.41, 5.74) is -2.91. The Morgan fingerprint density at radius 1 is 0.429 bits per heavy atom. The van der Waals surface area contributed by atoms with Gasteiger partial charge in [-0.25, -0.2) is 0 Å². The molecule has 0 aliphatic heterocycles. The third-order valence-corrected chi connectivity index (χ3v) is 7.56. The molecule has 0 aromatic rings. The number of nitrogens with one attached hydrogen (secondary N) is 1. The van der Waals surface area contributed by atoms with E-state index in [0.717, 1.165) is 44.9 Å². The van der Waals surface area contributed by atoms with Crippen molar-refractivity contribution in [2.45, 2.75) is 163 Å². The summed E-state index contributed by atoms with van der Waals surface area (Å²) in [5.74, 6) is -3.00. The van der Waals surface area contributed by atoms with Crippen LogP contribution in [-0.4, -0.2) is 143 Å². The predicted octanol–water partition coefficient (Wildman–Crippen LogP) is 4.97. The van der Waals surface area contributed by atoms with E-state index in [1.165, 1.54) is 0 Å². The highest BCUT2D eigenvalue weighted by Crippen LogP contribution is 2.13. The van der Waals surface area contributed by atoms with Crippen molar-refractivity contribution in [3.8, 4) is 0 Å². The van der Waals surface area contributed by atoms with E-state index in [0.29, 0.717) is 13.0 Å². The quantitative estimate of drug-likeness (QED) is 0.0646. The number of amides is 1. The summed E-state index contributed by atoms with van der Waals surface area (Å²) in [6.07, 6.45) is 7.74. The van der Waals surface area contributed by atoms with E-state index >= 15 is 0 Å². The van der Waals surface area contributed by atoms with E-state index in [9.17, 15) is 28.8 Å². The smallest absolute Gasteiger partial charge is 0.320 e. The Bertz CT molecular complexity index is 1090. The van der Waals surface area contributed by atoms with Gasteiger partial charge < -0.3 is 29.4 Å². The summed E-state index contributed by atoms with van der Waals surface area (Å²) in [7, 11) is 0. The average Bonchev–Trinajstić information content (AvgIpc) is 2.96. The van der Waals surface area contributed by atoms with Crippen molar-refractivity contribution in [3.63, 3.8) is 0 Å². The lowest BCUT2D eigenvalue weighted by atomic mass is 10.1. The van der Waals surface area contributed by atoms with Gasteiger partial charge in [0.05, 0.1) is 32.7 Å². The lowest BCUT2D eigenvalue weighted by Gasteiger charge is -2.30.